The van der Waals surface area contributed by atoms with Crippen LogP contribution in [0.5, 0.6) is 5.75 Å². The number of ether oxygens (including phenoxy) is 1. The fourth-order valence-electron chi connectivity index (χ4n) is 4.73. The van der Waals surface area contributed by atoms with Crippen molar-refractivity contribution in [3.8, 4) is 5.75 Å². The third kappa shape index (κ3) is 4.42. The molecule has 0 radical (unpaired) electrons. The van der Waals surface area contributed by atoms with Crippen molar-refractivity contribution in [2.45, 2.75) is 25.8 Å². The second-order valence-electron chi connectivity index (χ2n) is 8.40. The smallest absolute Gasteiger partial charge is 0.259 e. The van der Waals surface area contributed by atoms with Crippen LogP contribution >= 0.6 is 0 Å². The number of nitrogens with zero attached hydrogens (tertiary/aromatic N) is 3. The molecular weight excluding hydrogens is 386 g/mol. The summed E-state index contributed by atoms with van der Waals surface area (Å²) in [5, 5.41) is 0.899. The molecule has 0 unspecified atom stereocenters. The molecule has 1 amide bonds. The van der Waals surface area contributed by atoms with Crippen molar-refractivity contribution < 1.29 is 9.53 Å². The fourth-order valence-corrected chi connectivity index (χ4v) is 4.73. The molecule has 5 heteroatoms. The van der Waals surface area contributed by atoms with Crippen molar-refractivity contribution >= 4 is 16.8 Å². The van der Waals surface area contributed by atoms with Crippen molar-refractivity contribution in [3.63, 3.8) is 0 Å². The van der Waals surface area contributed by atoms with Crippen LogP contribution < -0.4 is 4.74 Å². The van der Waals surface area contributed by atoms with Gasteiger partial charge in [-0.05, 0) is 56.0 Å². The van der Waals surface area contributed by atoms with Crippen LogP contribution in [0.15, 0.2) is 61.2 Å². The highest BCUT2D eigenvalue weighted by atomic mass is 16.5. The molecule has 0 N–H and O–H groups in total. The summed E-state index contributed by atoms with van der Waals surface area (Å²) in [7, 11) is 1.63. The zero-order valence-electron chi connectivity index (χ0n) is 18.3. The van der Waals surface area contributed by atoms with Crippen LogP contribution in [-0.2, 0) is 6.54 Å². The van der Waals surface area contributed by atoms with E-state index in [2.05, 4.69) is 18.1 Å². The number of benzene rings is 1. The summed E-state index contributed by atoms with van der Waals surface area (Å²) >= 11 is 0. The standard InChI is InChI=1S/C26H31N3O2/c1-4-8-19(5-2)17-28-14-11-20(12-15-28)13-16-29-18-23-24(26(29)30)25(31-3)21-9-6-7-10-22(21)27-23/h4-10,20H,1-2,11-18H2,3H3/b19-8+. The van der Waals surface area contributed by atoms with Crippen LogP contribution in [0.2, 0.25) is 0 Å². The highest BCUT2D eigenvalue weighted by molar-refractivity contribution is 6.05. The number of rotatable bonds is 8. The van der Waals surface area contributed by atoms with Crippen LogP contribution in [0.25, 0.3) is 10.9 Å². The van der Waals surface area contributed by atoms with E-state index in [1.54, 1.807) is 7.11 Å². The molecule has 0 aliphatic carbocycles. The first-order chi connectivity index (χ1) is 15.1. The fraction of sp³-hybridized carbons (Fsp3) is 0.385. The van der Waals surface area contributed by atoms with E-state index in [0.717, 1.165) is 49.2 Å². The van der Waals surface area contributed by atoms with Gasteiger partial charge in [-0.2, -0.15) is 0 Å². The van der Waals surface area contributed by atoms with E-state index in [0.29, 0.717) is 23.8 Å². The van der Waals surface area contributed by atoms with Gasteiger partial charge < -0.3 is 9.64 Å². The summed E-state index contributed by atoms with van der Waals surface area (Å²) in [5.74, 6) is 1.36. The molecule has 1 aromatic carbocycles. The summed E-state index contributed by atoms with van der Waals surface area (Å²) in [6.07, 6.45) is 9.13. The maximum atomic E-state index is 13.1. The average Bonchev–Trinajstić information content (AvgIpc) is 3.11. The molecule has 31 heavy (non-hydrogen) atoms. The van der Waals surface area contributed by atoms with Crippen molar-refractivity contribution in [1.82, 2.24) is 14.8 Å². The van der Waals surface area contributed by atoms with E-state index in [9.17, 15) is 4.79 Å². The van der Waals surface area contributed by atoms with Gasteiger partial charge >= 0.3 is 0 Å². The second kappa shape index (κ2) is 9.48. The molecule has 1 aromatic heterocycles. The number of fused-ring (bicyclic) bond motifs is 2. The summed E-state index contributed by atoms with van der Waals surface area (Å²) in [6.45, 7) is 12.1. The van der Waals surface area contributed by atoms with Crippen molar-refractivity contribution in [3.05, 3.63) is 72.5 Å². The molecule has 3 heterocycles. The summed E-state index contributed by atoms with van der Waals surface area (Å²) in [5.41, 5.74) is 3.57. The van der Waals surface area contributed by atoms with Gasteiger partial charge in [0.15, 0.2) is 0 Å². The average molecular weight is 418 g/mol. The number of methoxy groups -OCH3 is 1. The Hall–Kier alpha value is -2.92. The van der Waals surface area contributed by atoms with Gasteiger partial charge in [0, 0.05) is 18.5 Å². The first kappa shape index (κ1) is 21.3. The number of likely N-dealkylation sites (tertiary alicyclic amines) is 1. The number of allylic oxidation sites excluding steroid dienone is 2. The molecule has 1 saturated heterocycles. The quantitative estimate of drug-likeness (QED) is 0.589. The Morgan fingerprint density at radius 3 is 2.74 bits per heavy atom. The first-order valence-electron chi connectivity index (χ1n) is 11.1. The number of pyridine rings is 1. The molecule has 0 saturated carbocycles. The zero-order chi connectivity index (χ0) is 21.8. The number of amides is 1. The Labute approximate surface area is 184 Å². The molecule has 0 atom stereocenters. The minimum Gasteiger partial charge on any atom is -0.495 e. The number of aromatic nitrogens is 1. The topological polar surface area (TPSA) is 45.7 Å². The lowest BCUT2D eigenvalue weighted by Crippen LogP contribution is -2.36. The van der Waals surface area contributed by atoms with Gasteiger partial charge in [-0.25, -0.2) is 4.98 Å². The van der Waals surface area contributed by atoms with Crippen LogP contribution in [0.1, 0.15) is 35.3 Å². The van der Waals surface area contributed by atoms with Gasteiger partial charge in [0.2, 0.25) is 0 Å². The number of piperidine rings is 1. The Bertz CT molecular complexity index is 1020. The molecule has 0 bridgehead atoms. The summed E-state index contributed by atoms with van der Waals surface area (Å²) < 4.78 is 5.64. The molecule has 162 valence electrons. The van der Waals surface area contributed by atoms with E-state index in [4.69, 9.17) is 9.72 Å². The summed E-state index contributed by atoms with van der Waals surface area (Å²) in [4.78, 5) is 22.3. The third-order valence-corrected chi connectivity index (χ3v) is 6.48. The predicted molar refractivity (Wildman–Crippen MR) is 125 cm³/mol. The summed E-state index contributed by atoms with van der Waals surface area (Å²) in [6, 6.07) is 7.86. The van der Waals surface area contributed by atoms with E-state index in [-0.39, 0.29) is 5.91 Å². The normalized spacial score (nSPS) is 17.8. The van der Waals surface area contributed by atoms with Gasteiger partial charge in [0.1, 0.15) is 11.3 Å². The van der Waals surface area contributed by atoms with Gasteiger partial charge in [0.25, 0.3) is 5.91 Å². The van der Waals surface area contributed by atoms with Crippen molar-refractivity contribution in [2.24, 2.45) is 5.92 Å². The largest absolute Gasteiger partial charge is 0.495 e. The van der Waals surface area contributed by atoms with Crippen molar-refractivity contribution in [1.29, 1.82) is 0 Å². The van der Waals surface area contributed by atoms with Crippen molar-refractivity contribution in [2.75, 3.05) is 33.3 Å². The van der Waals surface area contributed by atoms with Gasteiger partial charge in [-0.15, -0.1) is 0 Å². The number of para-hydroxylation sites is 1. The minimum atomic E-state index is 0.0488. The van der Waals surface area contributed by atoms with E-state index in [1.165, 1.54) is 18.4 Å². The lowest BCUT2D eigenvalue weighted by atomic mass is 9.93. The molecule has 0 spiro atoms. The van der Waals surface area contributed by atoms with Gasteiger partial charge in [0.05, 0.1) is 24.9 Å². The molecule has 2 aromatic rings. The number of hydrogen-bond acceptors (Lipinski definition) is 4. The molecule has 1 fully saturated rings. The monoisotopic (exact) mass is 417 g/mol. The lowest BCUT2D eigenvalue weighted by Gasteiger charge is -2.33. The van der Waals surface area contributed by atoms with Crippen LogP contribution in [0.4, 0.5) is 0 Å². The highest BCUT2D eigenvalue weighted by Gasteiger charge is 2.33. The Balaban J connectivity index is 1.36. The lowest BCUT2D eigenvalue weighted by molar-refractivity contribution is 0.0757. The van der Waals surface area contributed by atoms with Crippen LogP contribution in [0, 0.1) is 5.92 Å². The van der Waals surface area contributed by atoms with Gasteiger partial charge in [-0.3, -0.25) is 9.69 Å². The predicted octanol–water partition coefficient (Wildman–Crippen LogP) is 4.60. The number of carbonyl (C=O) groups excluding carboxylic acids is 1. The minimum absolute atomic E-state index is 0.0488. The highest BCUT2D eigenvalue weighted by Crippen LogP contribution is 2.36. The van der Waals surface area contributed by atoms with E-state index in [1.807, 2.05) is 47.4 Å². The van der Waals surface area contributed by atoms with Crippen LogP contribution in [0.3, 0.4) is 0 Å². The molecule has 5 nitrogen and oxygen atoms in total. The first-order valence-corrected chi connectivity index (χ1v) is 11.1. The molecule has 4 rings (SSSR count). The zero-order valence-corrected chi connectivity index (χ0v) is 18.3. The Morgan fingerprint density at radius 2 is 2.03 bits per heavy atom. The third-order valence-electron chi connectivity index (χ3n) is 6.48. The SMILES string of the molecule is C=C/C=C(\C=C)CN1CCC(CCN2Cc3nc4ccccc4c(OC)c3C2=O)CC1. The Kier molecular flexibility index (Phi) is 6.52. The van der Waals surface area contributed by atoms with E-state index >= 15 is 0 Å². The van der Waals surface area contributed by atoms with Gasteiger partial charge in [-0.1, -0.05) is 43.5 Å². The second-order valence-corrected chi connectivity index (χ2v) is 8.40. The Morgan fingerprint density at radius 1 is 1.26 bits per heavy atom. The van der Waals surface area contributed by atoms with Crippen LogP contribution in [-0.4, -0.2) is 54.0 Å². The maximum Gasteiger partial charge on any atom is 0.259 e. The number of carbonyl (C=O) groups is 1. The maximum absolute atomic E-state index is 13.1. The molecule has 2 aliphatic heterocycles. The molecule has 2 aliphatic rings. The molecular formula is C26H31N3O2. The van der Waals surface area contributed by atoms with E-state index < -0.39 is 0 Å². The number of hydrogen-bond donors (Lipinski definition) is 0.